The Morgan fingerprint density at radius 3 is 2.71 bits per heavy atom. The largest absolute Gasteiger partial charge is 0.463 e. The summed E-state index contributed by atoms with van der Waals surface area (Å²) in [5, 5.41) is 9.48. The molecule has 0 unspecified atom stereocenters. The van der Waals surface area contributed by atoms with Crippen LogP contribution in [0.4, 0.5) is 0 Å². The van der Waals surface area contributed by atoms with Crippen LogP contribution in [0.2, 0.25) is 0 Å². The maximum Gasteiger partial charge on any atom is 0.373 e. The van der Waals surface area contributed by atoms with E-state index in [0.29, 0.717) is 22.4 Å². The van der Waals surface area contributed by atoms with Gasteiger partial charge in [0, 0.05) is 5.39 Å². The van der Waals surface area contributed by atoms with E-state index >= 15 is 0 Å². The number of nitrogens with zero attached hydrogens (tertiary/aromatic N) is 4. The molecular weight excluding hydrogens is 360 g/mol. The van der Waals surface area contributed by atoms with Crippen LogP contribution in [0.25, 0.3) is 16.6 Å². The molecule has 0 aliphatic rings. The van der Waals surface area contributed by atoms with Gasteiger partial charge in [0.1, 0.15) is 17.8 Å². The van der Waals surface area contributed by atoms with Crippen LogP contribution >= 0.6 is 0 Å². The van der Waals surface area contributed by atoms with Gasteiger partial charge in [0.15, 0.2) is 0 Å². The average molecular weight is 378 g/mol. The van der Waals surface area contributed by atoms with Crippen molar-refractivity contribution < 1.29 is 13.9 Å². The normalized spacial score (nSPS) is 11.1. The van der Waals surface area contributed by atoms with Crippen LogP contribution in [0.15, 0.2) is 51.8 Å². The van der Waals surface area contributed by atoms with Crippen LogP contribution in [0, 0.1) is 13.8 Å². The Morgan fingerprint density at radius 1 is 1.18 bits per heavy atom. The Balaban J connectivity index is 1.83. The second-order valence-electron chi connectivity index (χ2n) is 6.41. The van der Waals surface area contributed by atoms with Gasteiger partial charge in [-0.05, 0) is 37.6 Å². The summed E-state index contributed by atoms with van der Waals surface area (Å²) in [5.41, 5.74) is 2.66. The fourth-order valence-corrected chi connectivity index (χ4v) is 3.13. The molecule has 3 heterocycles. The van der Waals surface area contributed by atoms with Crippen molar-refractivity contribution in [3.63, 3.8) is 0 Å². The predicted octanol–water partition coefficient (Wildman–Crippen LogP) is 2.63. The van der Waals surface area contributed by atoms with Gasteiger partial charge in [-0.3, -0.25) is 4.79 Å². The van der Waals surface area contributed by atoms with Crippen molar-refractivity contribution in [2.24, 2.45) is 0 Å². The lowest BCUT2D eigenvalue weighted by atomic mass is 10.2. The van der Waals surface area contributed by atoms with Crippen molar-refractivity contribution in [3.05, 3.63) is 75.7 Å². The number of rotatable bonds is 4. The number of methoxy groups -OCH3 is 1. The van der Waals surface area contributed by atoms with E-state index < -0.39 is 5.97 Å². The highest BCUT2D eigenvalue weighted by Crippen LogP contribution is 2.20. The third kappa shape index (κ3) is 2.88. The number of carbonyl (C=O) groups excluding carboxylic acids is 1. The zero-order chi connectivity index (χ0) is 19.8. The number of aryl methyl sites for hydroxylation is 2. The molecule has 0 saturated carbocycles. The van der Waals surface area contributed by atoms with Crippen LogP contribution < -0.4 is 5.56 Å². The van der Waals surface area contributed by atoms with Crippen LogP contribution in [-0.2, 0) is 11.3 Å². The van der Waals surface area contributed by atoms with Gasteiger partial charge < -0.3 is 9.15 Å². The van der Waals surface area contributed by atoms with Crippen molar-refractivity contribution in [2.45, 2.75) is 20.4 Å². The standard InChI is InChI=1S/C20H18N4O4/c1-12-6-4-5-7-16(12)24-18-15(10-21-24)13(2)22-23(19(18)25)11-14-8-9-17(28-14)20(26)27-3/h4-10H,11H2,1-3H3. The van der Waals surface area contributed by atoms with Gasteiger partial charge in [0.05, 0.1) is 24.7 Å². The molecule has 8 heteroatoms. The highest BCUT2D eigenvalue weighted by atomic mass is 16.5. The number of furan rings is 1. The minimum atomic E-state index is -0.573. The quantitative estimate of drug-likeness (QED) is 0.507. The zero-order valence-corrected chi connectivity index (χ0v) is 15.7. The average Bonchev–Trinajstić information content (AvgIpc) is 3.33. The highest BCUT2D eigenvalue weighted by Gasteiger charge is 2.17. The smallest absolute Gasteiger partial charge is 0.373 e. The number of para-hydroxylation sites is 1. The molecule has 0 N–H and O–H groups in total. The fourth-order valence-electron chi connectivity index (χ4n) is 3.13. The van der Waals surface area contributed by atoms with Crippen LogP contribution in [0.1, 0.15) is 27.6 Å². The Hall–Kier alpha value is -3.68. The second kappa shape index (κ2) is 6.80. The number of aromatic nitrogens is 4. The van der Waals surface area contributed by atoms with Gasteiger partial charge in [0.25, 0.3) is 5.56 Å². The first-order valence-electron chi connectivity index (χ1n) is 8.68. The van der Waals surface area contributed by atoms with Crippen molar-refractivity contribution in [3.8, 4) is 5.69 Å². The van der Waals surface area contributed by atoms with E-state index in [1.54, 1.807) is 16.9 Å². The molecule has 4 rings (SSSR count). The molecule has 0 radical (unpaired) electrons. The molecule has 8 nitrogen and oxygen atoms in total. The molecule has 3 aromatic heterocycles. The Kier molecular flexibility index (Phi) is 4.31. The van der Waals surface area contributed by atoms with Crippen LogP contribution in [0.5, 0.6) is 0 Å². The summed E-state index contributed by atoms with van der Waals surface area (Å²) in [6.07, 6.45) is 1.65. The van der Waals surface area contributed by atoms with E-state index in [9.17, 15) is 9.59 Å². The molecule has 0 amide bonds. The Bertz CT molecular complexity index is 1250. The molecule has 0 aliphatic heterocycles. The lowest BCUT2D eigenvalue weighted by molar-refractivity contribution is 0.0562. The van der Waals surface area contributed by atoms with Crippen molar-refractivity contribution >= 4 is 16.9 Å². The molecule has 1 aromatic carbocycles. The van der Waals surface area contributed by atoms with Gasteiger partial charge in [-0.1, -0.05) is 18.2 Å². The topological polar surface area (TPSA) is 92.2 Å². The van der Waals surface area contributed by atoms with E-state index in [1.807, 2.05) is 38.1 Å². The zero-order valence-electron chi connectivity index (χ0n) is 15.7. The minimum absolute atomic E-state index is 0.0771. The lowest BCUT2D eigenvalue weighted by Crippen LogP contribution is -2.26. The van der Waals surface area contributed by atoms with E-state index in [-0.39, 0.29) is 17.9 Å². The first-order valence-corrected chi connectivity index (χ1v) is 8.68. The number of hydrogen-bond donors (Lipinski definition) is 0. The number of hydrogen-bond acceptors (Lipinski definition) is 6. The van der Waals surface area contributed by atoms with Gasteiger partial charge in [-0.2, -0.15) is 10.2 Å². The summed E-state index contributed by atoms with van der Waals surface area (Å²) in [6.45, 7) is 3.88. The second-order valence-corrected chi connectivity index (χ2v) is 6.41. The van der Waals surface area contributed by atoms with Crippen molar-refractivity contribution in [1.29, 1.82) is 0 Å². The minimum Gasteiger partial charge on any atom is -0.463 e. The Labute approximate surface area is 160 Å². The third-order valence-corrected chi connectivity index (χ3v) is 4.56. The monoisotopic (exact) mass is 378 g/mol. The number of carbonyl (C=O) groups is 1. The van der Waals surface area contributed by atoms with Crippen LogP contribution in [-0.4, -0.2) is 32.6 Å². The van der Waals surface area contributed by atoms with E-state index in [2.05, 4.69) is 14.9 Å². The lowest BCUT2D eigenvalue weighted by Gasteiger charge is -2.09. The van der Waals surface area contributed by atoms with Gasteiger partial charge in [-0.25, -0.2) is 14.2 Å². The van der Waals surface area contributed by atoms with Crippen molar-refractivity contribution in [1.82, 2.24) is 19.6 Å². The maximum absolute atomic E-state index is 13.2. The summed E-state index contributed by atoms with van der Waals surface area (Å²) in [6, 6.07) is 10.8. The molecule has 0 aliphatic carbocycles. The van der Waals surface area contributed by atoms with E-state index in [1.165, 1.54) is 17.9 Å². The Morgan fingerprint density at radius 2 is 1.96 bits per heavy atom. The summed E-state index contributed by atoms with van der Waals surface area (Å²) in [5.74, 6) is -0.0696. The molecular formula is C20H18N4O4. The van der Waals surface area contributed by atoms with Gasteiger partial charge in [0.2, 0.25) is 5.76 Å². The molecule has 28 heavy (non-hydrogen) atoms. The first-order chi connectivity index (χ1) is 13.5. The summed E-state index contributed by atoms with van der Waals surface area (Å²) in [7, 11) is 1.28. The number of ether oxygens (including phenoxy) is 1. The van der Waals surface area contributed by atoms with Gasteiger partial charge in [-0.15, -0.1) is 0 Å². The van der Waals surface area contributed by atoms with Gasteiger partial charge >= 0.3 is 5.97 Å². The molecule has 0 atom stereocenters. The fraction of sp³-hybridized carbons (Fsp3) is 0.200. The van der Waals surface area contributed by atoms with Crippen molar-refractivity contribution in [2.75, 3.05) is 7.11 Å². The van der Waals surface area contributed by atoms with E-state index in [4.69, 9.17) is 4.42 Å². The number of esters is 1. The van der Waals surface area contributed by atoms with E-state index in [0.717, 1.165) is 11.3 Å². The molecule has 0 spiro atoms. The number of benzene rings is 1. The molecule has 0 saturated heterocycles. The summed E-state index contributed by atoms with van der Waals surface area (Å²) < 4.78 is 13.1. The molecule has 0 bridgehead atoms. The third-order valence-electron chi connectivity index (χ3n) is 4.56. The summed E-state index contributed by atoms with van der Waals surface area (Å²) >= 11 is 0. The SMILES string of the molecule is COC(=O)c1ccc(Cn2nc(C)c3cnn(-c4ccccc4C)c3c2=O)o1. The maximum atomic E-state index is 13.2. The molecule has 0 fully saturated rings. The van der Waals surface area contributed by atoms with Crippen LogP contribution in [0.3, 0.4) is 0 Å². The summed E-state index contributed by atoms with van der Waals surface area (Å²) in [4.78, 5) is 24.7. The molecule has 4 aromatic rings. The highest BCUT2D eigenvalue weighted by molar-refractivity contribution is 5.86. The first kappa shape index (κ1) is 17.7. The molecule has 142 valence electrons. The predicted molar refractivity (Wildman–Crippen MR) is 102 cm³/mol. The number of fused-ring (bicyclic) bond motifs is 1.